The first-order valence-electron chi connectivity index (χ1n) is 6.27. The lowest BCUT2D eigenvalue weighted by Gasteiger charge is -2.05. The van der Waals surface area contributed by atoms with Gasteiger partial charge in [-0.2, -0.15) is 5.26 Å². The van der Waals surface area contributed by atoms with Crippen molar-refractivity contribution in [1.29, 1.82) is 5.26 Å². The molecule has 1 amide bonds. The normalized spacial score (nSPS) is 10.3. The average Bonchev–Trinajstić information content (AvgIpc) is 2.93. The Balaban J connectivity index is 1.94. The van der Waals surface area contributed by atoms with Crippen molar-refractivity contribution in [2.45, 2.75) is 0 Å². The lowest BCUT2D eigenvalue weighted by Crippen LogP contribution is -2.13. The van der Waals surface area contributed by atoms with Gasteiger partial charge in [0.1, 0.15) is 17.6 Å². The van der Waals surface area contributed by atoms with Crippen LogP contribution in [0.1, 0.15) is 16.1 Å². The number of para-hydroxylation sites is 2. The summed E-state index contributed by atoms with van der Waals surface area (Å²) in [6.45, 7) is 0. The van der Waals surface area contributed by atoms with Crippen molar-refractivity contribution in [3.8, 4) is 6.07 Å². The third-order valence-electron chi connectivity index (χ3n) is 3.15. The van der Waals surface area contributed by atoms with Gasteiger partial charge >= 0.3 is 0 Å². The Kier molecular flexibility index (Phi) is 3.13. The highest BCUT2D eigenvalue weighted by atomic mass is 19.1. The molecule has 1 heterocycles. The van der Waals surface area contributed by atoms with Crippen LogP contribution in [0.4, 0.5) is 10.1 Å². The zero-order valence-electron chi connectivity index (χ0n) is 10.9. The number of nitriles is 1. The molecule has 0 saturated heterocycles. The van der Waals surface area contributed by atoms with Crippen molar-refractivity contribution in [3.63, 3.8) is 0 Å². The first-order chi connectivity index (χ1) is 10.2. The number of nitrogens with one attached hydrogen (secondary N) is 2. The van der Waals surface area contributed by atoms with Crippen molar-refractivity contribution < 1.29 is 9.18 Å². The van der Waals surface area contributed by atoms with Crippen LogP contribution in [0.15, 0.2) is 48.5 Å². The topological polar surface area (TPSA) is 68.7 Å². The molecule has 2 aromatic carbocycles. The molecule has 5 heteroatoms. The van der Waals surface area contributed by atoms with Crippen molar-refractivity contribution in [2.75, 3.05) is 5.32 Å². The molecule has 0 atom stereocenters. The molecule has 0 aliphatic rings. The fourth-order valence-electron chi connectivity index (χ4n) is 2.12. The number of aromatic nitrogens is 1. The Bertz CT molecular complexity index is 877. The van der Waals surface area contributed by atoms with Crippen LogP contribution in [0.5, 0.6) is 0 Å². The van der Waals surface area contributed by atoms with Crippen LogP contribution in [0.3, 0.4) is 0 Å². The summed E-state index contributed by atoms with van der Waals surface area (Å²) in [4.78, 5) is 14.9. The summed E-state index contributed by atoms with van der Waals surface area (Å²) in [5.74, 6) is -0.836. The Labute approximate surface area is 119 Å². The van der Waals surface area contributed by atoms with Gasteiger partial charge in [0.15, 0.2) is 0 Å². The number of anilines is 1. The van der Waals surface area contributed by atoms with Crippen LogP contribution in [0.2, 0.25) is 0 Å². The first kappa shape index (κ1) is 12.9. The molecule has 1 aromatic heterocycles. The standard InChI is InChI=1S/C16H10FN3O/c17-12-6-3-5-10-8-14(19-15(10)12)16(21)20-13-7-2-1-4-11(13)9-18/h1-8,19H,(H,20,21). The predicted molar refractivity (Wildman–Crippen MR) is 77.4 cm³/mol. The summed E-state index contributed by atoms with van der Waals surface area (Å²) >= 11 is 0. The maximum absolute atomic E-state index is 13.6. The summed E-state index contributed by atoms with van der Waals surface area (Å²) in [6.07, 6.45) is 0. The van der Waals surface area contributed by atoms with E-state index in [4.69, 9.17) is 5.26 Å². The van der Waals surface area contributed by atoms with Crippen LogP contribution in [-0.4, -0.2) is 10.9 Å². The van der Waals surface area contributed by atoms with Crippen molar-refractivity contribution in [2.24, 2.45) is 0 Å². The molecule has 3 aromatic rings. The van der Waals surface area contributed by atoms with Crippen molar-refractivity contribution >= 4 is 22.5 Å². The van der Waals surface area contributed by atoms with E-state index < -0.39 is 11.7 Å². The third kappa shape index (κ3) is 2.35. The van der Waals surface area contributed by atoms with E-state index in [0.29, 0.717) is 16.6 Å². The second-order valence-corrected chi connectivity index (χ2v) is 4.50. The van der Waals surface area contributed by atoms with Gasteiger partial charge in [0, 0.05) is 5.39 Å². The molecule has 2 N–H and O–H groups in total. The number of aromatic amines is 1. The van der Waals surface area contributed by atoms with Crippen molar-refractivity contribution in [3.05, 3.63) is 65.6 Å². The number of hydrogen-bond acceptors (Lipinski definition) is 2. The molecule has 0 spiro atoms. The highest BCUT2D eigenvalue weighted by Crippen LogP contribution is 2.20. The van der Waals surface area contributed by atoms with E-state index in [0.717, 1.165) is 0 Å². The largest absolute Gasteiger partial charge is 0.348 e. The lowest BCUT2D eigenvalue weighted by molar-refractivity contribution is 0.102. The monoisotopic (exact) mass is 279 g/mol. The summed E-state index contributed by atoms with van der Waals surface area (Å²) in [5.41, 5.74) is 1.32. The Morgan fingerprint density at radius 1 is 1.19 bits per heavy atom. The number of carbonyl (C=O) groups is 1. The van der Waals surface area contributed by atoms with Crippen LogP contribution < -0.4 is 5.32 Å². The summed E-state index contributed by atoms with van der Waals surface area (Å²) < 4.78 is 13.6. The number of fused-ring (bicyclic) bond motifs is 1. The minimum absolute atomic E-state index is 0.239. The number of halogens is 1. The van der Waals surface area contributed by atoms with Crippen molar-refractivity contribution in [1.82, 2.24) is 4.98 Å². The smallest absolute Gasteiger partial charge is 0.272 e. The second-order valence-electron chi connectivity index (χ2n) is 4.50. The van der Waals surface area contributed by atoms with E-state index in [1.54, 1.807) is 42.5 Å². The molecule has 0 fully saturated rings. The number of nitrogens with zero attached hydrogens (tertiary/aromatic N) is 1. The maximum atomic E-state index is 13.6. The molecule has 102 valence electrons. The first-order valence-corrected chi connectivity index (χ1v) is 6.27. The van der Waals surface area contributed by atoms with Crippen LogP contribution in [0, 0.1) is 17.1 Å². The zero-order chi connectivity index (χ0) is 14.8. The lowest BCUT2D eigenvalue weighted by atomic mass is 10.2. The number of H-pyrrole nitrogens is 1. The van der Waals surface area contributed by atoms with Gasteiger partial charge in [-0.3, -0.25) is 4.79 Å². The maximum Gasteiger partial charge on any atom is 0.272 e. The molecule has 4 nitrogen and oxygen atoms in total. The number of hydrogen-bond donors (Lipinski definition) is 2. The SMILES string of the molecule is N#Cc1ccccc1NC(=O)c1cc2cccc(F)c2[nH]1. The van der Waals surface area contributed by atoms with Gasteiger partial charge in [-0.05, 0) is 24.3 Å². The van der Waals surface area contributed by atoms with Crippen LogP contribution in [0.25, 0.3) is 10.9 Å². The van der Waals surface area contributed by atoms with Gasteiger partial charge in [-0.15, -0.1) is 0 Å². The molecule has 0 radical (unpaired) electrons. The van der Waals surface area contributed by atoms with Gasteiger partial charge < -0.3 is 10.3 Å². The molecular formula is C16H10FN3O. The molecule has 0 aliphatic heterocycles. The summed E-state index contributed by atoms with van der Waals surface area (Å²) in [7, 11) is 0. The van der Waals surface area contributed by atoms with Gasteiger partial charge in [-0.25, -0.2) is 4.39 Å². The Morgan fingerprint density at radius 3 is 2.76 bits per heavy atom. The number of carbonyl (C=O) groups excluding carboxylic acids is 1. The quantitative estimate of drug-likeness (QED) is 0.754. The van der Waals surface area contributed by atoms with E-state index in [9.17, 15) is 9.18 Å². The van der Waals surface area contributed by atoms with Crippen LogP contribution in [-0.2, 0) is 0 Å². The average molecular weight is 279 g/mol. The molecule has 0 bridgehead atoms. The van der Waals surface area contributed by atoms with E-state index in [1.807, 2.05) is 6.07 Å². The second kappa shape index (κ2) is 5.10. The van der Waals surface area contributed by atoms with Crippen LogP contribution >= 0.6 is 0 Å². The van der Waals surface area contributed by atoms with Gasteiger partial charge in [0.2, 0.25) is 0 Å². The zero-order valence-corrected chi connectivity index (χ0v) is 10.9. The number of amides is 1. The van der Waals surface area contributed by atoms with E-state index in [2.05, 4.69) is 10.3 Å². The van der Waals surface area contributed by atoms with Gasteiger partial charge in [0.25, 0.3) is 5.91 Å². The number of rotatable bonds is 2. The summed E-state index contributed by atoms with van der Waals surface area (Å²) in [6, 6.07) is 14.9. The van der Waals surface area contributed by atoms with Gasteiger partial charge in [-0.1, -0.05) is 24.3 Å². The van der Waals surface area contributed by atoms with Gasteiger partial charge in [0.05, 0.1) is 16.8 Å². The third-order valence-corrected chi connectivity index (χ3v) is 3.15. The predicted octanol–water partition coefficient (Wildman–Crippen LogP) is 3.43. The Hall–Kier alpha value is -3.13. The fourth-order valence-corrected chi connectivity index (χ4v) is 2.12. The van der Waals surface area contributed by atoms with E-state index in [-0.39, 0.29) is 11.2 Å². The highest BCUT2D eigenvalue weighted by molar-refractivity contribution is 6.06. The number of benzene rings is 2. The summed E-state index contributed by atoms with van der Waals surface area (Å²) in [5, 5.41) is 12.3. The molecule has 21 heavy (non-hydrogen) atoms. The molecule has 3 rings (SSSR count). The highest BCUT2D eigenvalue weighted by Gasteiger charge is 2.13. The molecule has 0 unspecified atom stereocenters. The molecule has 0 aliphatic carbocycles. The minimum Gasteiger partial charge on any atom is -0.348 e. The Morgan fingerprint density at radius 2 is 2.00 bits per heavy atom. The van der Waals surface area contributed by atoms with E-state index in [1.165, 1.54) is 6.07 Å². The molecular weight excluding hydrogens is 269 g/mol. The minimum atomic E-state index is -0.423. The molecule has 0 saturated carbocycles. The van der Waals surface area contributed by atoms with E-state index >= 15 is 0 Å². The fraction of sp³-hybridized carbons (Fsp3) is 0.